The number of hydrogen-bond donors (Lipinski definition) is 1. The summed E-state index contributed by atoms with van der Waals surface area (Å²) in [6.45, 7) is 1.01. The van der Waals surface area contributed by atoms with E-state index < -0.39 is 0 Å². The molecule has 128 valence electrons. The Balaban J connectivity index is 1.40. The molecule has 2 aromatic rings. The first-order valence-electron chi connectivity index (χ1n) is 8.06. The molecule has 1 heterocycles. The maximum Gasteiger partial charge on any atom is 0.261 e. The number of hydrogen-bond acceptors (Lipinski definition) is 4. The van der Waals surface area contributed by atoms with E-state index in [1.165, 1.54) is 10.5 Å². The molecule has 0 aliphatic carbocycles. The smallest absolute Gasteiger partial charge is 0.261 e. The number of nitrogens with zero attached hydrogens (tertiary/aromatic N) is 1. The predicted octanol–water partition coefficient (Wildman–Crippen LogP) is 2.42. The van der Waals surface area contributed by atoms with Crippen molar-refractivity contribution in [3.63, 3.8) is 0 Å². The van der Waals surface area contributed by atoms with E-state index in [1.54, 1.807) is 24.3 Å². The lowest BCUT2D eigenvalue weighted by molar-refractivity contribution is 0.0628. The largest absolute Gasteiger partial charge is 0.469 e. The number of carbonyl (C=O) groups excluding carboxylic acids is 2. The Kier molecular flexibility index (Phi) is 5.40. The van der Waals surface area contributed by atoms with E-state index in [0.717, 1.165) is 6.42 Å². The summed E-state index contributed by atoms with van der Waals surface area (Å²) in [5.74, 6) is -0.570. The summed E-state index contributed by atoms with van der Waals surface area (Å²) in [6.07, 6.45) is 0.836. The molecule has 1 N–H and O–H groups in total. The lowest BCUT2D eigenvalue weighted by atomic mass is 10.1. The first-order valence-corrected chi connectivity index (χ1v) is 8.47. The van der Waals surface area contributed by atoms with Gasteiger partial charge in [0.05, 0.1) is 17.7 Å². The van der Waals surface area contributed by atoms with Crippen LogP contribution in [0.3, 0.4) is 0 Å². The molecule has 0 saturated heterocycles. The number of ether oxygens (including phenoxy) is 1. The zero-order valence-electron chi connectivity index (χ0n) is 13.6. The molecule has 6 heteroatoms. The van der Waals surface area contributed by atoms with Gasteiger partial charge in [-0.25, -0.2) is 0 Å². The third-order valence-electron chi connectivity index (χ3n) is 3.95. The van der Waals surface area contributed by atoms with Crippen LogP contribution in [0.5, 0.6) is 0 Å². The SMILES string of the molecule is O=C1c2ccccc2C(=O)N1CCOC(=S)NCCc1ccccc1. The molecular weight excluding hydrogens is 336 g/mol. The molecule has 2 aromatic carbocycles. The maximum atomic E-state index is 12.2. The third kappa shape index (κ3) is 4.03. The molecular formula is C19H18N2O3S. The number of thiocarbonyl (C=S) groups is 1. The first kappa shape index (κ1) is 17.1. The van der Waals surface area contributed by atoms with Crippen LogP contribution in [0.1, 0.15) is 26.3 Å². The fraction of sp³-hybridized carbons (Fsp3) is 0.211. The molecule has 0 spiro atoms. The van der Waals surface area contributed by atoms with Crippen molar-refractivity contribution in [3.05, 3.63) is 71.3 Å². The van der Waals surface area contributed by atoms with Crippen LogP contribution in [-0.2, 0) is 11.2 Å². The molecule has 3 rings (SSSR count). The standard InChI is InChI=1S/C19H18N2O3S/c22-17-15-8-4-5-9-16(15)18(23)21(17)12-13-24-19(25)20-11-10-14-6-2-1-3-7-14/h1-9H,10-13H2,(H,20,25). The molecule has 1 aliphatic heterocycles. The Bertz CT molecular complexity index is 757. The van der Waals surface area contributed by atoms with E-state index in [4.69, 9.17) is 17.0 Å². The minimum atomic E-state index is -0.285. The number of fused-ring (bicyclic) bond motifs is 1. The summed E-state index contributed by atoms with van der Waals surface area (Å²) in [7, 11) is 0. The molecule has 25 heavy (non-hydrogen) atoms. The van der Waals surface area contributed by atoms with Crippen LogP contribution in [0.4, 0.5) is 0 Å². The first-order chi connectivity index (χ1) is 12.2. The number of benzene rings is 2. The van der Waals surface area contributed by atoms with Gasteiger partial charge in [0.25, 0.3) is 17.0 Å². The Morgan fingerprint density at radius 1 is 0.960 bits per heavy atom. The normalized spacial score (nSPS) is 12.9. The second kappa shape index (κ2) is 7.90. The van der Waals surface area contributed by atoms with Gasteiger partial charge < -0.3 is 10.1 Å². The van der Waals surface area contributed by atoms with Crippen LogP contribution in [0.2, 0.25) is 0 Å². The highest BCUT2D eigenvalue weighted by atomic mass is 32.1. The highest BCUT2D eigenvalue weighted by Crippen LogP contribution is 2.21. The van der Waals surface area contributed by atoms with Crippen molar-refractivity contribution in [2.24, 2.45) is 0 Å². The van der Waals surface area contributed by atoms with Gasteiger partial charge in [-0.05, 0) is 36.3 Å². The lowest BCUT2D eigenvalue weighted by Crippen LogP contribution is -2.35. The van der Waals surface area contributed by atoms with E-state index in [9.17, 15) is 9.59 Å². The summed E-state index contributed by atoms with van der Waals surface area (Å²) in [4.78, 5) is 25.6. The molecule has 0 saturated carbocycles. The molecule has 0 radical (unpaired) electrons. The molecule has 2 amide bonds. The minimum absolute atomic E-state index is 0.169. The van der Waals surface area contributed by atoms with Crippen molar-refractivity contribution in [3.8, 4) is 0 Å². The number of nitrogens with one attached hydrogen (secondary N) is 1. The third-order valence-corrected chi connectivity index (χ3v) is 4.21. The van der Waals surface area contributed by atoms with Crippen molar-refractivity contribution < 1.29 is 14.3 Å². The van der Waals surface area contributed by atoms with E-state index in [0.29, 0.717) is 17.7 Å². The van der Waals surface area contributed by atoms with Gasteiger partial charge in [-0.15, -0.1) is 0 Å². The zero-order chi connectivity index (χ0) is 17.6. The molecule has 0 atom stereocenters. The summed E-state index contributed by atoms with van der Waals surface area (Å²) in [5, 5.41) is 3.29. The quantitative estimate of drug-likeness (QED) is 0.638. The lowest BCUT2D eigenvalue weighted by Gasteiger charge is -2.15. The average molecular weight is 354 g/mol. The highest BCUT2D eigenvalue weighted by molar-refractivity contribution is 7.80. The van der Waals surface area contributed by atoms with Crippen LogP contribution in [0.15, 0.2) is 54.6 Å². The van der Waals surface area contributed by atoms with Crippen LogP contribution < -0.4 is 5.32 Å². The van der Waals surface area contributed by atoms with Crippen molar-refractivity contribution >= 4 is 29.2 Å². The number of carbonyl (C=O) groups is 2. The average Bonchev–Trinajstić information content (AvgIpc) is 2.88. The topological polar surface area (TPSA) is 58.6 Å². The van der Waals surface area contributed by atoms with Crippen LogP contribution in [-0.4, -0.2) is 41.6 Å². The molecule has 0 unspecified atom stereocenters. The minimum Gasteiger partial charge on any atom is -0.469 e. The Hall–Kier alpha value is -2.73. The Morgan fingerprint density at radius 2 is 1.56 bits per heavy atom. The monoisotopic (exact) mass is 354 g/mol. The summed E-state index contributed by atoms with van der Waals surface area (Å²) >= 11 is 5.12. The highest BCUT2D eigenvalue weighted by Gasteiger charge is 2.34. The van der Waals surface area contributed by atoms with E-state index in [-0.39, 0.29) is 30.1 Å². The molecule has 5 nitrogen and oxygen atoms in total. The Labute approximate surface area is 151 Å². The maximum absolute atomic E-state index is 12.2. The summed E-state index contributed by atoms with van der Waals surface area (Å²) in [6, 6.07) is 16.9. The van der Waals surface area contributed by atoms with Crippen molar-refractivity contribution in [2.45, 2.75) is 6.42 Å². The van der Waals surface area contributed by atoms with Gasteiger partial charge in [0, 0.05) is 6.54 Å². The van der Waals surface area contributed by atoms with Crippen molar-refractivity contribution in [1.29, 1.82) is 0 Å². The van der Waals surface area contributed by atoms with Crippen molar-refractivity contribution in [1.82, 2.24) is 10.2 Å². The van der Waals surface area contributed by atoms with Gasteiger partial charge in [-0.2, -0.15) is 0 Å². The summed E-state index contributed by atoms with van der Waals surface area (Å²) in [5.41, 5.74) is 2.09. The molecule has 1 aliphatic rings. The Morgan fingerprint density at radius 3 is 2.20 bits per heavy atom. The second-order valence-electron chi connectivity index (χ2n) is 5.61. The van der Waals surface area contributed by atoms with Crippen LogP contribution in [0.25, 0.3) is 0 Å². The van der Waals surface area contributed by atoms with E-state index in [2.05, 4.69) is 5.32 Å². The van der Waals surface area contributed by atoms with Gasteiger partial charge >= 0.3 is 0 Å². The fourth-order valence-electron chi connectivity index (χ4n) is 2.68. The van der Waals surface area contributed by atoms with Gasteiger partial charge in [0.1, 0.15) is 6.61 Å². The van der Waals surface area contributed by atoms with Gasteiger partial charge in [0.2, 0.25) is 0 Å². The summed E-state index contributed by atoms with van der Waals surface area (Å²) < 4.78 is 5.41. The van der Waals surface area contributed by atoms with Crippen LogP contribution >= 0.6 is 12.2 Å². The van der Waals surface area contributed by atoms with E-state index in [1.807, 2.05) is 30.3 Å². The van der Waals surface area contributed by atoms with Gasteiger partial charge in [-0.3, -0.25) is 14.5 Å². The van der Waals surface area contributed by atoms with Gasteiger partial charge in [0.15, 0.2) is 0 Å². The number of imide groups is 1. The molecule has 0 aromatic heterocycles. The predicted molar refractivity (Wildman–Crippen MR) is 98.5 cm³/mol. The number of rotatable bonds is 6. The zero-order valence-corrected chi connectivity index (χ0v) is 14.4. The fourth-order valence-corrected chi connectivity index (χ4v) is 2.86. The molecule has 0 fully saturated rings. The number of amides is 2. The van der Waals surface area contributed by atoms with Crippen molar-refractivity contribution in [2.75, 3.05) is 19.7 Å². The van der Waals surface area contributed by atoms with Gasteiger partial charge in [-0.1, -0.05) is 42.5 Å². The second-order valence-corrected chi connectivity index (χ2v) is 5.98. The van der Waals surface area contributed by atoms with E-state index >= 15 is 0 Å². The molecule has 0 bridgehead atoms. The van der Waals surface area contributed by atoms with Crippen LogP contribution in [0, 0.1) is 0 Å².